The molecular formula is HClCrO2. The number of rotatable bonds is 0. The summed E-state index contributed by atoms with van der Waals surface area (Å²) >= 11 is -1.62. The molecule has 0 fully saturated rings. The molecule has 0 aromatic rings. The first-order valence-corrected chi connectivity index (χ1v) is 1.37. The molecule has 0 heterocycles. The Balaban J connectivity index is 0. The predicted octanol–water partition coefficient (Wildman–Crippen LogP) is 0.182. The van der Waals surface area contributed by atoms with E-state index in [-0.39, 0.29) is 12.4 Å². The van der Waals surface area contributed by atoms with Crippen LogP contribution in [0.3, 0.4) is 0 Å². The molecule has 0 aliphatic rings. The van der Waals surface area contributed by atoms with E-state index in [0.29, 0.717) is 0 Å². The fourth-order valence-corrected chi connectivity index (χ4v) is 0. The van der Waals surface area contributed by atoms with Crippen LogP contribution in [0, 0.1) is 0 Å². The van der Waals surface area contributed by atoms with Crippen LogP contribution in [0.1, 0.15) is 0 Å². The molecule has 0 saturated carbocycles. The van der Waals surface area contributed by atoms with Crippen LogP contribution in [0.4, 0.5) is 0 Å². The van der Waals surface area contributed by atoms with Gasteiger partial charge < -0.3 is 0 Å². The molecule has 26 valence electrons. The number of halogens is 1. The van der Waals surface area contributed by atoms with Crippen molar-refractivity contribution in [3.63, 3.8) is 0 Å². The van der Waals surface area contributed by atoms with Crippen molar-refractivity contribution in [1.29, 1.82) is 0 Å². The second-order valence-electron chi connectivity index (χ2n) is 0.0680. The Morgan fingerprint density at radius 2 is 1.25 bits per heavy atom. The van der Waals surface area contributed by atoms with Gasteiger partial charge in [-0.25, -0.2) is 0 Å². The van der Waals surface area contributed by atoms with E-state index in [1.165, 1.54) is 0 Å². The quantitative estimate of drug-likeness (QED) is 0.457. The third kappa shape index (κ3) is 27.5. The molecule has 0 radical (unpaired) electrons. The first-order valence-electron chi connectivity index (χ1n) is 0.333. The molecule has 0 atom stereocenters. The van der Waals surface area contributed by atoms with Gasteiger partial charge in [0, 0.05) is 0 Å². The summed E-state index contributed by atoms with van der Waals surface area (Å²) in [5.41, 5.74) is 0. The molecule has 0 spiro atoms. The standard InChI is InChI=1S/ClH.Cr.2O/h1H;;;. The molecule has 0 aromatic heterocycles. The van der Waals surface area contributed by atoms with Crippen LogP contribution in [-0.2, 0) is 22.7 Å². The van der Waals surface area contributed by atoms with Crippen LogP contribution in [0.2, 0.25) is 0 Å². The predicted molar refractivity (Wildman–Crippen MR) is 8.62 cm³/mol. The summed E-state index contributed by atoms with van der Waals surface area (Å²) in [5, 5.41) is 0. The molecule has 4 heteroatoms. The van der Waals surface area contributed by atoms with Gasteiger partial charge in [-0.1, -0.05) is 0 Å². The van der Waals surface area contributed by atoms with Gasteiger partial charge in [0.25, 0.3) is 0 Å². The van der Waals surface area contributed by atoms with Crippen molar-refractivity contribution in [1.82, 2.24) is 0 Å². The fourth-order valence-electron chi connectivity index (χ4n) is 0. The van der Waals surface area contributed by atoms with Crippen molar-refractivity contribution < 1.29 is 22.7 Å². The first kappa shape index (κ1) is 8.83. The van der Waals surface area contributed by atoms with Gasteiger partial charge in [-0.15, -0.1) is 12.4 Å². The van der Waals surface area contributed by atoms with Crippen molar-refractivity contribution in [3.05, 3.63) is 0 Å². The molecule has 0 saturated heterocycles. The zero-order valence-electron chi connectivity index (χ0n) is 1.63. The summed E-state index contributed by atoms with van der Waals surface area (Å²) < 4.78 is 16.9. The van der Waals surface area contributed by atoms with Crippen molar-refractivity contribution in [2.45, 2.75) is 0 Å². The molecule has 2 nitrogen and oxygen atoms in total. The van der Waals surface area contributed by atoms with E-state index in [9.17, 15) is 0 Å². The molecule has 0 unspecified atom stereocenters. The Bertz CT molecular complexity index is 27.0. The van der Waals surface area contributed by atoms with Crippen LogP contribution in [0.5, 0.6) is 0 Å². The Morgan fingerprint density at radius 3 is 1.25 bits per heavy atom. The van der Waals surface area contributed by atoms with E-state index in [0.717, 1.165) is 0 Å². The summed E-state index contributed by atoms with van der Waals surface area (Å²) in [6, 6.07) is 0. The van der Waals surface area contributed by atoms with Gasteiger partial charge in [0.05, 0.1) is 0 Å². The van der Waals surface area contributed by atoms with E-state index in [1.54, 1.807) is 0 Å². The average molecular weight is 120 g/mol. The SMILES string of the molecule is Cl.[O]=[Cr]=[O]. The maximum absolute atomic E-state index is 8.44. The molecule has 0 aromatic carbocycles. The second-order valence-corrected chi connectivity index (χ2v) is 0.281. The van der Waals surface area contributed by atoms with Crippen LogP contribution < -0.4 is 0 Å². The van der Waals surface area contributed by atoms with E-state index in [1.807, 2.05) is 0 Å². The Morgan fingerprint density at radius 1 is 1.25 bits per heavy atom. The normalized spacial score (nSPS) is 3.00. The van der Waals surface area contributed by atoms with Crippen molar-refractivity contribution in [2.24, 2.45) is 0 Å². The van der Waals surface area contributed by atoms with Crippen LogP contribution >= 0.6 is 12.4 Å². The number of hydrogen-bond acceptors (Lipinski definition) is 2. The van der Waals surface area contributed by atoms with Crippen LogP contribution in [0.15, 0.2) is 0 Å². The van der Waals surface area contributed by atoms with E-state index in [2.05, 4.69) is 0 Å². The van der Waals surface area contributed by atoms with E-state index in [4.69, 9.17) is 7.61 Å². The zero-order chi connectivity index (χ0) is 2.71. The molecule has 0 amide bonds. The van der Waals surface area contributed by atoms with Crippen LogP contribution in [0.25, 0.3) is 0 Å². The van der Waals surface area contributed by atoms with Gasteiger partial charge in [0.1, 0.15) is 0 Å². The van der Waals surface area contributed by atoms with Gasteiger partial charge in [-0.2, -0.15) is 0 Å². The van der Waals surface area contributed by atoms with Crippen LogP contribution in [-0.4, -0.2) is 0 Å². The molecule has 0 rings (SSSR count). The van der Waals surface area contributed by atoms with Crippen molar-refractivity contribution >= 4 is 12.4 Å². The minimum absolute atomic E-state index is 0. The van der Waals surface area contributed by atoms with E-state index >= 15 is 0 Å². The maximum atomic E-state index is 8.44. The molecule has 4 heavy (non-hydrogen) atoms. The van der Waals surface area contributed by atoms with Gasteiger partial charge in [-0.05, 0) is 0 Å². The Labute approximate surface area is 35.7 Å². The first-order chi connectivity index (χ1) is 1.41. The molecular weight excluding hydrogens is 119 g/mol. The summed E-state index contributed by atoms with van der Waals surface area (Å²) in [6.07, 6.45) is 0. The monoisotopic (exact) mass is 120 g/mol. The number of hydrogen-bond donors (Lipinski definition) is 0. The summed E-state index contributed by atoms with van der Waals surface area (Å²) in [5.74, 6) is 0. The fraction of sp³-hybridized carbons (Fsp3) is 0. The summed E-state index contributed by atoms with van der Waals surface area (Å²) in [6.45, 7) is 0. The Kier molecular flexibility index (Phi) is 21.9. The van der Waals surface area contributed by atoms with E-state index < -0.39 is 15.1 Å². The molecule has 0 N–H and O–H groups in total. The van der Waals surface area contributed by atoms with Gasteiger partial charge in [-0.3, -0.25) is 0 Å². The zero-order valence-corrected chi connectivity index (χ0v) is 3.72. The second kappa shape index (κ2) is 9.93. The van der Waals surface area contributed by atoms with Crippen molar-refractivity contribution in [2.75, 3.05) is 0 Å². The third-order valence-corrected chi connectivity index (χ3v) is 0. The molecule has 0 bridgehead atoms. The van der Waals surface area contributed by atoms with Gasteiger partial charge in [0.2, 0.25) is 0 Å². The van der Waals surface area contributed by atoms with Gasteiger partial charge in [0.15, 0.2) is 0 Å². The minimum atomic E-state index is -1.62. The average Bonchev–Trinajstić information content (AvgIpc) is 0.918. The molecule has 0 aliphatic heterocycles. The van der Waals surface area contributed by atoms with Crippen molar-refractivity contribution in [3.8, 4) is 0 Å². The summed E-state index contributed by atoms with van der Waals surface area (Å²) in [7, 11) is 0. The van der Waals surface area contributed by atoms with Gasteiger partial charge >= 0.3 is 22.7 Å². The Hall–Kier alpha value is 0.422. The topological polar surface area (TPSA) is 34.1 Å². The molecule has 0 aliphatic carbocycles. The summed E-state index contributed by atoms with van der Waals surface area (Å²) in [4.78, 5) is 0. The third-order valence-electron chi connectivity index (χ3n) is 0.